The number of nitrogens with zero attached hydrogens (tertiary/aromatic N) is 1. The van der Waals surface area contributed by atoms with Crippen LogP contribution in [0.2, 0.25) is 18.1 Å². The third kappa shape index (κ3) is 5.32. The smallest absolute Gasteiger partial charge is 0.419 e. The van der Waals surface area contributed by atoms with Gasteiger partial charge in [-0.1, -0.05) is 112 Å². The standard InChI is InChI=1S/C41H47NO6Si/c1-37(2,3)46-36(44)42-34-26-25-32(45-7)27-33(34)39(28-29-19-13-10-14-20-29)40(31-23-17-12-18-24-31,35(43)30-21-15-11-16-22-30)47-41(39,42)48-49(8,9)38(4,5)6/h10-27H,28H2,1-9H3/t39-,40-,41-/m0/s1. The van der Waals surface area contributed by atoms with Crippen LogP contribution in [0, 0.1) is 0 Å². The van der Waals surface area contributed by atoms with Crippen molar-refractivity contribution in [2.45, 2.75) is 88.6 Å². The first kappa shape index (κ1) is 34.6. The Labute approximate surface area is 291 Å². The van der Waals surface area contributed by atoms with Gasteiger partial charge in [-0.25, -0.2) is 9.69 Å². The first-order chi connectivity index (χ1) is 23.0. The molecule has 1 fully saturated rings. The Hall–Kier alpha value is -4.24. The quantitative estimate of drug-likeness (QED) is 0.137. The van der Waals surface area contributed by atoms with Crippen molar-refractivity contribution < 1.29 is 28.2 Å². The van der Waals surface area contributed by atoms with Crippen molar-refractivity contribution in [1.82, 2.24) is 0 Å². The molecule has 1 saturated heterocycles. The van der Waals surface area contributed by atoms with E-state index in [1.807, 2.05) is 130 Å². The molecule has 3 atom stereocenters. The highest BCUT2D eigenvalue weighted by Crippen LogP contribution is 2.74. The summed E-state index contributed by atoms with van der Waals surface area (Å²) in [7, 11) is -1.19. The van der Waals surface area contributed by atoms with Crippen LogP contribution in [0.5, 0.6) is 5.75 Å². The maximum atomic E-state index is 15.5. The van der Waals surface area contributed by atoms with Gasteiger partial charge in [0.1, 0.15) is 16.8 Å². The third-order valence-electron chi connectivity index (χ3n) is 10.3. The average Bonchev–Trinajstić information content (AvgIpc) is 3.22. The lowest BCUT2D eigenvalue weighted by molar-refractivity contribution is -0.397. The van der Waals surface area contributed by atoms with Gasteiger partial charge in [0.25, 0.3) is 5.91 Å². The summed E-state index contributed by atoms with van der Waals surface area (Å²) in [4.78, 5) is 31.8. The summed E-state index contributed by atoms with van der Waals surface area (Å²) in [5.74, 6) is -1.42. The van der Waals surface area contributed by atoms with Crippen LogP contribution >= 0.6 is 0 Å². The normalized spacial score (nSPS) is 23.2. The number of rotatable bonds is 8. The first-order valence-corrected chi connectivity index (χ1v) is 19.8. The Balaban J connectivity index is 1.79. The van der Waals surface area contributed by atoms with Crippen molar-refractivity contribution in [2.75, 3.05) is 12.0 Å². The lowest BCUT2D eigenvalue weighted by Crippen LogP contribution is -2.85. The zero-order valence-corrected chi connectivity index (χ0v) is 31.0. The molecule has 0 radical (unpaired) electrons. The van der Waals surface area contributed by atoms with Gasteiger partial charge in [-0.05, 0) is 80.2 Å². The number of ketones is 1. The van der Waals surface area contributed by atoms with Crippen molar-refractivity contribution in [3.63, 3.8) is 0 Å². The van der Waals surface area contributed by atoms with Crippen molar-refractivity contribution >= 4 is 25.9 Å². The van der Waals surface area contributed by atoms with Crippen molar-refractivity contribution in [1.29, 1.82) is 0 Å². The number of anilines is 1. The minimum atomic E-state index is -2.80. The minimum Gasteiger partial charge on any atom is -0.497 e. The summed E-state index contributed by atoms with van der Waals surface area (Å²) in [6, 6.07) is 34.5. The molecule has 1 amide bonds. The van der Waals surface area contributed by atoms with Gasteiger partial charge in [0, 0.05) is 5.56 Å². The second-order valence-corrected chi connectivity index (χ2v) is 20.3. The maximum absolute atomic E-state index is 15.5. The van der Waals surface area contributed by atoms with Crippen LogP contribution in [0.25, 0.3) is 0 Å². The van der Waals surface area contributed by atoms with Crippen LogP contribution in [-0.2, 0) is 31.3 Å². The van der Waals surface area contributed by atoms with Gasteiger partial charge < -0.3 is 18.6 Å². The van der Waals surface area contributed by atoms with Crippen LogP contribution < -0.4 is 9.64 Å². The summed E-state index contributed by atoms with van der Waals surface area (Å²) < 4.78 is 26.9. The minimum absolute atomic E-state index is 0.232. The lowest BCUT2D eigenvalue weighted by Gasteiger charge is -2.68. The third-order valence-corrected chi connectivity index (χ3v) is 14.7. The van der Waals surface area contributed by atoms with Gasteiger partial charge in [-0.2, -0.15) is 0 Å². The van der Waals surface area contributed by atoms with Crippen molar-refractivity contribution in [3.8, 4) is 5.75 Å². The topological polar surface area (TPSA) is 74.3 Å². The molecule has 0 aliphatic carbocycles. The summed E-state index contributed by atoms with van der Waals surface area (Å²) in [5, 5.41) is -0.288. The molecule has 0 aromatic heterocycles. The number of hydrogen-bond donors (Lipinski definition) is 0. The van der Waals surface area contributed by atoms with Gasteiger partial charge in [-0.15, -0.1) is 0 Å². The molecule has 7 nitrogen and oxygen atoms in total. The zero-order chi connectivity index (χ0) is 35.5. The number of Topliss-reactive ketones (excluding diaryl/α,β-unsaturated/α-hetero) is 1. The van der Waals surface area contributed by atoms with E-state index in [-0.39, 0.29) is 10.8 Å². The lowest BCUT2D eigenvalue weighted by atomic mass is 9.53. The van der Waals surface area contributed by atoms with E-state index in [1.54, 1.807) is 7.11 Å². The molecule has 2 aliphatic heterocycles. The average molecular weight is 678 g/mol. The van der Waals surface area contributed by atoms with Gasteiger partial charge in [0.05, 0.1) is 12.8 Å². The van der Waals surface area contributed by atoms with Crippen LogP contribution in [-0.4, -0.2) is 38.8 Å². The van der Waals surface area contributed by atoms with E-state index in [9.17, 15) is 4.79 Å². The SMILES string of the molecule is COc1ccc2c(c1)[C@]1(Cc3ccccc3)[C@@](O[Si](C)(C)C(C)(C)C)(O[C@]1(C(=O)c1ccccc1)c1ccccc1)N2C(=O)OC(C)(C)C. The fourth-order valence-electron chi connectivity index (χ4n) is 7.05. The molecule has 256 valence electrons. The Morgan fingerprint density at radius 3 is 1.92 bits per heavy atom. The molecule has 0 bridgehead atoms. The number of benzene rings is 4. The van der Waals surface area contributed by atoms with Crippen LogP contribution in [0.3, 0.4) is 0 Å². The molecule has 0 unspecified atom stereocenters. The molecule has 2 aliphatic rings. The Morgan fingerprint density at radius 2 is 1.37 bits per heavy atom. The number of amides is 1. The number of fused-ring (bicyclic) bond motifs is 3. The van der Waals surface area contributed by atoms with Gasteiger partial charge >= 0.3 is 6.09 Å². The number of carbonyl (C=O) groups is 2. The molecule has 0 N–H and O–H groups in total. The largest absolute Gasteiger partial charge is 0.497 e. The molecule has 6 rings (SSSR count). The molecule has 2 heterocycles. The van der Waals surface area contributed by atoms with Crippen LogP contribution in [0.15, 0.2) is 109 Å². The molecule has 0 spiro atoms. The van der Waals surface area contributed by atoms with E-state index in [0.29, 0.717) is 34.5 Å². The second kappa shape index (κ2) is 12.0. The van der Waals surface area contributed by atoms with E-state index in [0.717, 1.165) is 5.56 Å². The molecular formula is C41H47NO6Si. The van der Waals surface area contributed by atoms with Crippen molar-refractivity contribution in [3.05, 3.63) is 131 Å². The van der Waals surface area contributed by atoms with Gasteiger partial charge in [0.15, 0.2) is 13.9 Å². The van der Waals surface area contributed by atoms with Gasteiger partial charge in [-0.3, -0.25) is 4.79 Å². The highest BCUT2D eigenvalue weighted by Gasteiger charge is 2.88. The predicted molar refractivity (Wildman–Crippen MR) is 195 cm³/mol. The summed E-state index contributed by atoms with van der Waals surface area (Å²) >= 11 is 0. The Bertz CT molecular complexity index is 1850. The fourth-order valence-corrected chi connectivity index (χ4v) is 8.35. The molecule has 4 aromatic rings. The highest BCUT2D eigenvalue weighted by atomic mass is 28.4. The summed E-state index contributed by atoms with van der Waals surface area (Å²) in [6.07, 6.45) is -0.323. The Kier molecular flexibility index (Phi) is 8.45. The molecule has 4 aromatic carbocycles. The number of carbonyl (C=O) groups excluding carboxylic acids is 2. The van der Waals surface area contributed by atoms with E-state index in [4.69, 9.17) is 18.6 Å². The number of hydrogen-bond acceptors (Lipinski definition) is 6. The van der Waals surface area contributed by atoms with E-state index in [1.165, 1.54) is 4.90 Å². The zero-order valence-electron chi connectivity index (χ0n) is 30.0. The molecule has 8 heteroatoms. The highest BCUT2D eigenvalue weighted by molar-refractivity contribution is 6.74. The summed E-state index contributed by atoms with van der Waals surface area (Å²) in [5.41, 5.74) is -0.420. The predicted octanol–water partition coefficient (Wildman–Crippen LogP) is 9.42. The van der Waals surface area contributed by atoms with Crippen molar-refractivity contribution in [2.24, 2.45) is 0 Å². The van der Waals surface area contributed by atoms with E-state index >= 15 is 4.79 Å². The Morgan fingerprint density at radius 1 is 0.796 bits per heavy atom. The number of ether oxygens (including phenoxy) is 3. The second-order valence-electron chi connectivity index (χ2n) is 15.6. The molecule has 49 heavy (non-hydrogen) atoms. The summed E-state index contributed by atoms with van der Waals surface area (Å²) in [6.45, 7) is 16.2. The van der Waals surface area contributed by atoms with E-state index in [2.05, 4.69) is 33.9 Å². The maximum Gasteiger partial charge on any atom is 0.419 e. The van der Waals surface area contributed by atoms with E-state index < -0.39 is 36.9 Å². The van der Waals surface area contributed by atoms with Gasteiger partial charge in [0.2, 0.25) is 5.78 Å². The first-order valence-electron chi connectivity index (χ1n) is 16.8. The molecule has 0 saturated carbocycles. The van der Waals surface area contributed by atoms with Crippen LogP contribution in [0.1, 0.15) is 68.6 Å². The number of methoxy groups -OCH3 is 1. The fraction of sp³-hybridized carbons (Fsp3) is 0.366. The monoisotopic (exact) mass is 677 g/mol. The molecular weight excluding hydrogens is 631 g/mol. The van der Waals surface area contributed by atoms with Crippen LogP contribution in [0.4, 0.5) is 10.5 Å².